The van der Waals surface area contributed by atoms with Crippen LogP contribution < -0.4 is 0 Å². The number of fused-ring (bicyclic) bond motifs is 1. The smallest absolute Gasteiger partial charge is 0.407 e. The first-order valence-electron chi connectivity index (χ1n) is 13.6. The normalized spacial score (nSPS) is 28.3. The van der Waals surface area contributed by atoms with E-state index in [0.29, 0.717) is 62.2 Å². The molecular formula is C28H41ClN2O4. The zero-order valence-electron chi connectivity index (χ0n) is 21.0. The molecular weight excluding hydrogens is 464 g/mol. The minimum absolute atomic E-state index is 0.0436. The molecule has 7 heteroatoms. The third-order valence-electron chi connectivity index (χ3n) is 8.81. The third kappa shape index (κ3) is 5.96. The fourth-order valence-electron chi connectivity index (χ4n) is 6.90. The Morgan fingerprint density at radius 2 is 1.86 bits per heavy atom. The van der Waals surface area contributed by atoms with Gasteiger partial charge in [0.15, 0.2) is 0 Å². The number of benzene rings is 1. The summed E-state index contributed by atoms with van der Waals surface area (Å²) in [5.74, 6) is 0.458. The number of likely N-dealkylation sites (tertiary alicyclic amines) is 1. The van der Waals surface area contributed by atoms with Crippen molar-refractivity contribution in [1.29, 1.82) is 0 Å². The molecule has 4 atom stereocenters. The summed E-state index contributed by atoms with van der Waals surface area (Å²) in [5, 5.41) is 22.3. The standard InChI is InChI=1S/C28H41ClN2O4/c1-2-3-15-31(27(33)34)24-12-16-30(17-13-24)26(32)25(21-9-6-10-23(29)18-21)28(35)14-11-20-7-4-5-8-22(20)19-28/h6,9-10,18,20,22,24-25,35H,2-5,7-8,11-17,19H2,1H3,(H,33,34). The van der Waals surface area contributed by atoms with Crippen LogP contribution in [0.1, 0.15) is 89.0 Å². The Kier molecular flexibility index (Phi) is 8.64. The molecule has 1 aromatic carbocycles. The van der Waals surface area contributed by atoms with Gasteiger partial charge in [-0.05, 0) is 68.1 Å². The molecule has 194 valence electrons. The summed E-state index contributed by atoms with van der Waals surface area (Å²) in [6.07, 6.45) is 9.31. The summed E-state index contributed by atoms with van der Waals surface area (Å²) in [6.45, 7) is 3.62. The molecule has 4 rings (SSSR count). The van der Waals surface area contributed by atoms with E-state index in [1.54, 1.807) is 11.0 Å². The average Bonchev–Trinajstić information content (AvgIpc) is 2.84. The third-order valence-corrected chi connectivity index (χ3v) is 9.05. The molecule has 2 amide bonds. The van der Waals surface area contributed by atoms with Gasteiger partial charge in [-0.3, -0.25) is 4.79 Å². The van der Waals surface area contributed by atoms with E-state index in [2.05, 4.69) is 6.92 Å². The predicted molar refractivity (Wildman–Crippen MR) is 138 cm³/mol. The number of hydrogen-bond donors (Lipinski definition) is 2. The summed E-state index contributed by atoms with van der Waals surface area (Å²) in [4.78, 5) is 29.3. The summed E-state index contributed by atoms with van der Waals surface area (Å²) in [5.41, 5.74) is -0.290. The van der Waals surface area contributed by atoms with E-state index < -0.39 is 17.6 Å². The van der Waals surface area contributed by atoms with E-state index in [1.807, 2.05) is 23.1 Å². The van der Waals surface area contributed by atoms with Gasteiger partial charge >= 0.3 is 6.09 Å². The number of halogens is 1. The molecule has 2 N–H and O–H groups in total. The second-order valence-electron chi connectivity index (χ2n) is 11.0. The number of amides is 2. The van der Waals surface area contributed by atoms with E-state index in [4.69, 9.17) is 11.6 Å². The van der Waals surface area contributed by atoms with Crippen molar-refractivity contribution >= 4 is 23.6 Å². The Morgan fingerprint density at radius 3 is 2.51 bits per heavy atom. The number of unbranched alkanes of at least 4 members (excludes halogenated alkanes) is 1. The highest BCUT2D eigenvalue weighted by Gasteiger charge is 2.49. The fourth-order valence-corrected chi connectivity index (χ4v) is 7.10. The van der Waals surface area contributed by atoms with Gasteiger partial charge in [0.25, 0.3) is 0 Å². The van der Waals surface area contributed by atoms with Gasteiger partial charge in [-0.25, -0.2) is 4.79 Å². The summed E-state index contributed by atoms with van der Waals surface area (Å²) in [7, 11) is 0. The van der Waals surface area contributed by atoms with E-state index in [9.17, 15) is 19.8 Å². The van der Waals surface area contributed by atoms with Gasteiger partial charge in [-0.1, -0.05) is 62.8 Å². The quantitative estimate of drug-likeness (QED) is 0.483. The van der Waals surface area contributed by atoms with Gasteiger partial charge < -0.3 is 20.0 Å². The lowest BCUT2D eigenvalue weighted by Gasteiger charge is -2.48. The number of carbonyl (C=O) groups is 2. The number of rotatable bonds is 7. The number of hydrogen-bond acceptors (Lipinski definition) is 3. The maximum atomic E-state index is 14.0. The van der Waals surface area contributed by atoms with Crippen LogP contribution >= 0.6 is 11.6 Å². The lowest BCUT2D eigenvalue weighted by atomic mass is 9.61. The molecule has 4 unspecified atom stereocenters. The minimum Gasteiger partial charge on any atom is -0.465 e. The van der Waals surface area contributed by atoms with Crippen LogP contribution in [0.25, 0.3) is 0 Å². The zero-order valence-corrected chi connectivity index (χ0v) is 21.8. The van der Waals surface area contributed by atoms with Crippen molar-refractivity contribution in [1.82, 2.24) is 9.80 Å². The lowest BCUT2D eigenvalue weighted by Crippen LogP contribution is -2.54. The van der Waals surface area contributed by atoms with E-state index in [1.165, 1.54) is 19.3 Å². The van der Waals surface area contributed by atoms with E-state index in [-0.39, 0.29) is 11.9 Å². The topological polar surface area (TPSA) is 81.1 Å². The zero-order chi connectivity index (χ0) is 25.0. The van der Waals surface area contributed by atoms with Crippen molar-refractivity contribution in [2.24, 2.45) is 11.8 Å². The Labute approximate surface area is 214 Å². The number of carboxylic acid groups (broad SMARTS) is 1. The summed E-state index contributed by atoms with van der Waals surface area (Å²) < 4.78 is 0. The Hall–Kier alpha value is -1.79. The van der Waals surface area contributed by atoms with Crippen molar-refractivity contribution in [2.75, 3.05) is 19.6 Å². The molecule has 1 heterocycles. The molecule has 2 aliphatic carbocycles. The first-order valence-corrected chi connectivity index (χ1v) is 14.0. The molecule has 0 radical (unpaired) electrons. The van der Waals surface area contributed by atoms with E-state index in [0.717, 1.165) is 31.2 Å². The van der Waals surface area contributed by atoms with Crippen LogP contribution in [0, 0.1) is 11.8 Å². The highest BCUT2D eigenvalue weighted by Crippen LogP contribution is 2.50. The SMILES string of the molecule is CCCCN(C(=O)O)C1CCN(C(=O)C(c2cccc(Cl)c2)C2(O)CCC3CCCCC3C2)CC1. The van der Waals surface area contributed by atoms with Crippen LogP contribution in [0.3, 0.4) is 0 Å². The van der Waals surface area contributed by atoms with Crippen LogP contribution in [0.4, 0.5) is 4.79 Å². The molecule has 3 aliphatic rings. The molecule has 3 fully saturated rings. The minimum atomic E-state index is -1.08. The highest BCUT2D eigenvalue weighted by molar-refractivity contribution is 6.30. The van der Waals surface area contributed by atoms with Crippen LogP contribution in [0.15, 0.2) is 24.3 Å². The number of piperidine rings is 1. The maximum absolute atomic E-state index is 14.0. The van der Waals surface area contributed by atoms with Crippen LogP contribution in [-0.2, 0) is 4.79 Å². The van der Waals surface area contributed by atoms with Crippen LogP contribution in [0.5, 0.6) is 0 Å². The monoisotopic (exact) mass is 504 g/mol. The summed E-state index contributed by atoms with van der Waals surface area (Å²) in [6, 6.07) is 7.35. The van der Waals surface area contributed by atoms with Crippen LogP contribution in [0.2, 0.25) is 5.02 Å². The molecule has 6 nitrogen and oxygen atoms in total. The molecule has 1 aromatic rings. The Balaban J connectivity index is 1.52. The molecule has 0 aromatic heterocycles. The number of aliphatic hydroxyl groups is 1. The second-order valence-corrected chi connectivity index (χ2v) is 11.5. The van der Waals surface area contributed by atoms with Crippen LogP contribution in [-0.4, -0.2) is 63.3 Å². The van der Waals surface area contributed by atoms with Crippen molar-refractivity contribution in [3.05, 3.63) is 34.9 Å². The Morgan fingerprint density at radius 1 is 1.14 bits per heavy atom. The predicted octanol–water partition coefficient (Wildman–Crippen LogP) is 5.92. The van der Waals surface area contributed by atoms with Gasteiger partial charge in [0.05, 0.1) is 11.5 Å². The van der Waals surface area contributed by atoms with Gasteiger partial charge in [-0.2, -0.15) is 0 Å². The lowest BCUT2D eigenvalue weighted by molar-refractivity contribution is -0.146. The summed E-state index contributed by atoms with van der Waals surface area (Å²) >= 11 is 6.33. The molecule has 35 heavy (non-hydrogen) atoms. The molecule has 0 bridgehead atoms. The fraction of sp³-hybridized carbons (Fsp3) is 0.714. The maximum Gasteiger partial charge on any atom is 0.407 e. The highest BCUT2D eigenvalue weighted by atomic mass is 35.5. The number of carbonyl (C=O) groups excluding carboxylic acids is 1. The first-order chi connectivity index (χ1) is 16.8. The molecule has 1 aliphatic heterocycles. The first kappa shape index (κ1) is 26.3. The van der Waals surface area contributed by atoms with Gasteiger partial charge in [0.2, 0.25) is 5.91 Å². The molecule has 2 saturated carbocycles. The van der Waals surface area contributed by atoms with Crippen molar-refractivity contribution < 1.29 is 19.8 Å². The number of nitrogens with zero attached hydrogens (tertiary/aromatic N) is 2. The molecule has 1 saturated heterocycles. The van der Waals surface area contributed by atoms with Gasteiger partial charge in [0, 0.05) is 30.7 Å². The largest absolute Gasteiger partial charge is 0.465 e. The van der Waals surface area contributed by atoms with E-state index >= 15 is 0 Å². The Bertz CT molecular complexity index is 887. The van der Waals surface area contributed by atoms with Gasteiger partial charge in [0.1, 0.15) is 0 Å². The second kappa shape index (κ2) is 11.5. The van der Waals surface area contributed by atoms with Crippen molar-refractivity contribution in [3.63, 3.8) is 0 Å². The molecule has 0 spiro atoms. The van der Waals surface area contributed by atoms with Crippen molar-refractivity contribution in [3.8, 4) is 0 Å². The van der Waals surface area contributed by atoms with Gasteiger partial charge in [-0.15, -0.1) is 0 Å². The van der Waals surface area contributed by atoms with Crippen molar-refractivity contribution in [2.45, 2.75) is 95.1 Å². The average molecular weight is 505 g/mol.